The van der Waals surface area contributed by atoms with Gasteiger partial charge in [-0.1, -0.05) is 12.1 Å². The Bertz CT molecular complexity index is 790. The molecule has 0 unspecified atom stereocenters. The van der Waals surface area contributed by atoms with E-state index in [1.54, 1.807) is 6.92 Å². The molecule has 1 aromatic carbocycles. The normalized spacial score (nSPS) is 11.2. The molecule has 0 fully saturated rings. The fourth-order valence-electron chi connectivity index (χ4n) is 2.07. The van der Waals surface area contributed by atoms with Gasteiger partial charge in [0.05, 0.1) is 5.69 Å². The smallest absolute Gasteiger partial charge is 0.205 e. The van der Waals surface area contributed by atoms with E-state index in [2.05, 4.69) is 4.98 Å². The zero-order valence-corrected chi connectivity index (χ0v) is 10.2. The third-order valence-corrected chi connectivity index (χ3v) is 3.16. The second kappa shape index (κ2) is 3.57. The molecule has 0 bridgehead atoms. The molecule has 0 radical (unpaired) electrons. The van der Waals surface area contributed by atoms with Crippen molar-refractivity contribution in [3.8, 4) is 11.5 Å². The van der Waals surface area contributed by atoms with Crippen LogP contribution >= 0.6 is 0 Å². The molecule has 0 atom stereocenters. The maximum Gasteiger partial charge on any atom is 0.205 e. The predicted molar refractivity (Wildman–Crippen MR) is 70.8 cm³/mol. The van der Waals surface area contributed by atoms with E-state index < -0.39 is 0 Å². The van der Waals surface area contributed by atoms with Gasteiger partial charge < -0.3 is 10.2 Å². The first-order valence-corrected chi connectivity index (χ1v) is 5.67. The summed E-state index contributed by atoms with van der Waals surface area (Å²) in [5.74, 6) is 0.477. The molecule has 1 aliphatic heterocycles. The standard InChI is InChI=1S/C14H12N2O2/c1-7-4-3-5-10-13(7)16-14-8(2)12(15)9(17)6-11(14)18-10/h3-6H,15H2,1-2H3. The van der Waals surface area contributed by atoms with Crippen molar-refractivity contribution in [3.05, 3.63) is 45.6 Å². The van der Waals surface area contributed by atoms with Gasteiger partial charge in [-0.2, -0.15) is 0 Å². The van der Waals surface area contributed by atoms with Crippen molar-refractivity contribution < 1.29 is 4.42 Å². The average molecular weight is 240 g/mol. The average Bonchev–Trinajstić information content (AvgIpc) is 2.35. The second-order valence-corrected chi connectivity index (χ2v) is 4.40. The first-order valence-electron chi connectivity index (χ1n) is 5.67. The number of nitrogens with two attached hydrogens (primary N) is 1. The van der Waals surface area contributed by atoms with Gasteiger partial charge in [0.15, 0.2) is 11.3 Å². The molecule has 0 aromatic heterocycles. The van der Waals surface area contributed by atoms with Crippen LogP contribution in [0.1, 0.15) is 11.1 Å². The summed E-state index contributed by atoms with van der Waals surface area (Å²) >= 11 is 0. The Morgan fingerprint density at radius 1 is 1.28 bits per heavy atom. The van der Waals surface area contributed by atoms with Gasteiger partial charge in [0.2, 0.25) is 5.43 Å². The van der Waals surface area contributed by atoms with Crippen molar-refractivity contribution in [2.24, 2.45) is 0 Å². The van der Waals surface area contributed by atoms with E-state index in [-0.39, 0.29) is 11.1 Å². The molecule has 0 spiro atoms. The molecule has 0 amide bonds. The quantitative estimate of drug-likeness (QED) is 0.484. The van der Waals surface area contributed by atoms with Crippen molar-refractivity contribution in [1.82, 2.24) is 4.98 Å². The van der Waals surface area contributed by atoms with Gasteiger partial charge in [0.25, 0.3) is 0 Å². The third kappa shape index (κ3) is 1.39. The molecular formula is C14H12N2O2. The molecule has 1 heterocycles. The third-order valence-electron chi connectivity index (χ3n) is 3.16. The minimum Gasteiger partial charge on any atom is -0.453 e. The number of anilines is 1. The highest BCUT2D eigenvalue weighted by Crippen LogP contribution is 2.29. The molecule has 2 N–H and O–H groups in total. The van der Waals surface area contributed by atoms with Crippen LogP contribution in [0.2, 0.25) is 0 Å². The lowest BCUT2D eigenvalue weighted by molar-refractivity contribution is 0.611. The summed E-state index contributed by atoms with van der Waals surface area (Å²) in [6.07, 6.45) is 0. The van der Waals surface area contributed by atoms with Gasteiger partial charge in [0.1, 0.15) is 11.2 Å². The molecule has 3 rings (SSSR count). The molecule has 4 heteroatoms. The van der Waals surface area contributed by atoms with Gasteiger partial charge in [-0.25, -0.2) is 4.98 Å². The van der Waals surface area contributed by atoms with Crippen LogP contribution in [0.5, 0.6) is 0 Å². The zero-order valence-electron chi connectivity index (χ0n) is 10.2. The Labute approximate surface area is 103 Å². The lowest BCUT2D eigenvalue weighted by Crippen LogP contribution is -2.11. The zero-order chi connectivity index (χ0) is 12.9. The van der Waals surface area contributed by atoms with Crippen molar-refractivity contribution in [3.63, 3.8) is 0 Å². The molecule has 1 aliphatic carbocycles. The molecule has 4 nitrogen and oxygen atoms in total. The number of benzene rings is 2. The molecule has 1 aromatic rings. The summed E-state index contributed by atoms with van der Waals surface area (Å²) in [6, 6.07) is 7.10. The van der Waals surface area contributed by atoms with E-state index in [9.17, 15) is 4.79 Å². The van der Waals surface area contributed by atoms with E-state index in [0.29, 0.717) is 22.6 Å². The van der Waals surface area contributed by atoms with Crippen LogP contribution in [-0.4, -0.2) is 4.98 Å². The van der Waals surface area contributed by atoms with Crippen molar-refractivity contribution in [1.29, 1.82) is 0 Å². The molecular weight excluding hydrogens is 228 g/mol. The molecule has 0 saturated carbocycles. The summed E-state index contributed by atoms with van der Waals surface area (Å²) in [5.41, 5.74) is 9.57. The first kappa shape index (κ1) is 10.8. The Kier molecular flexibility index (Phi) is 2.13. The Morgan fingerprint density at radius 3 is 2.83 bits per heavy atom. The van der Waals surface area contributed by atoms with Crippen LogP contribution in [0.25, 0.3) is 22.6 Å². The minimum absolute atomic E-state index is 0.224. The maximum atomic E-state index is 11.6. The van der Waals surface area contributed by atoms with Gasteiger partial charge in [-0.15, -0.1) is 0 Å². The van der Waals surface area contributed by atoms with Gasteiger partial charge in [0, 0.05) is 11.6 Å². The summed E-state index contributed by atoms with van der Waals surface area (Å²) in [7, 11) is 0. The lowest BCUT2D eigenvalue weighted by Gasteiger charge is -2.11. The topological polar surface area (TPSA) is 69.1 Å². The number of nitrogens with zero attached hydrogens (tertiary/aromatic N) is 1. The Morgan fingerprint density at radius 2 is 2.06 bits per heavy atom. The highest BCUT2D eigenvalue weighted by atomic mass is 16.3. The lowest BCUT2D eigenvalue weighted by atomic mass is 10.1. The van der Waals surface area contributed by atoms with Gasteiger partial charge >= 0.3 is 0 Å². The SMILES string of the molecule is Cc1c2nc3c(C)cccc3oc-2cc(=O)c1N. The number of hydrogen-bond donors (Lipinski definition) is 1. The molecule has 18 heavy (non-hydrogen) atoms. The summed E-state index contributed by atoms with van der Waals surface area (Å²) < 4.78 is 5.73. The van der Waals surface area contributed by atoms with Crippen LogP contribution in [0.15, 0.2) is 33.5 Å². The fraction of sp³-hybridized carbons (Fsp3) is 0.143. The Hall–Kier alpha value is -2.36. The fourth-order valence-corrected chi connectivity index (χ4v) is 2.07. The van der Waals surface area contributed by atoms with E-state index in [4.69, 9.17) is 10.2 Å². The highest BCUT2D eigenvalue weighted by Gasteiger charge is 2.16. The number of aryl methyl sites for hydroxylation is 1. The molecule has 0 saturated heterocycles. The maximum absolute atomic E-state index is 11.6. The van der Waals surface area contributed by atoms with Crippen molar-refractivity contribution in [2.75, 3.05) is 5.73 Å². The van der Waals surface area contributed by atoms with Crippen LogP contribution in [-0.2, 0) is 0 Å². The number of fused-ring (bicyclic) bond motifs is 2. The number of nitrogen functional groups attached to an aromatic ring is 1. The predicted octanol–water partition coefficient (Wildman–Crippen LogP) is 2.49. The molecule has 2 aliphatic rings. The van der Waals surface area contributed by atoms with Gasteiger partial charge in [-0.05, 0) is 25.5 Å². The number of rotatable bonds is 0. The largest absolute Gasteiger partial charge is 0.453 e. The number of para-hydroxylation sites is 1. The van der Waals surface area contributed by atoms with Crippen LogP contribution in [0, 0.1) is 13.8 Å². The van der Waals surface area contributed by atoms with Gasteiger partial charge in [-0.3, -0.25) is 4.79 Å². The highest BCUT2D eigenvalue weighted by molar-refractivity contribution is 5.81. The summed E-state index contributed by atoms with van der Waals surface area (Å²) in [5, 5.41) is 0. The van der Waals surface area contributed by atoms with Crippen molar-refractivity contribution >= 4 is 16.8 Å². The number of aromatic nitrogens is 1. The van der Waals surface area contributed by atoms with Crippen LogP contribution < -0.4 is 11.2 Å². The van der Waals surface area contributed by atoms with Crippen LogP contribution in [0.3, 0.4) is 0 Å². The van der Waals surface area contributed by atoms with E-state index >= 15 is 0 Å². The monoisotopic (exact) mass is 240 g/mol. The van der Waals surface area contributed by atoms with E-state index in [0.717, 1.165) is 11.1 Å². The summed E-state index contributed by atoms with van der Waals surface area (Å²) in [4.78, 5) is 16.2. The van der Waals surface area contributed by atoms with Crippen LogP contribution in [0.4, 0.5) is 5.69 Å². The minimum atomic E-state index is -0.224. The van der Waals surface area contributed by atoms with E-state index in [1.807, 2.05) is 25.1 Å². The first-order chi connectivity index (χ1) is 8.58. The molecule has 90 valence electrons. The summed E-state index contributed by atoms with van der Waals surface area (Å²) in [6.45, 7) is 3.75. The second-order valence-electron chi connectivity index (χ2n) is 4.40. The Balaban J connectivity index is 2.55. The van der Waals surface area contributed by atoms with Crippen molar-refractivity contribution in [2.45, 2.75) is 13.8 Å². The van der Waals surface area contributed by atoms with E-state index in [1.165, 1.54) is 6.07 Å². The number of hydrogen-bond acceptors (Lipinski definition) is 4.